The number of nitrogens with one attached hydrogen (secondary N) is 1. The van der Waals surface area contributed by atoms with Crippen molar-refractivity contribution in [3.05, 3.63) is 54.1 Å². The maximum atomic E-state index is 5.48. The van der Waals surface area contributed by atoms with Gasteiger partial charge in [-0.05, 0) is 19.9 Å². The van der Waals surface area contributed by atoms with Crippen LogP contribution in [0.15, 0.2) is 42.9 Å². The molecule has 0 saturated heterocycles. The molecule has 4 nitrogen and oxygen atoms in total. The lowest BCUT2D eigenvalue weighted by Gasteiger charge is -2.17. The molecule has 1 heterocycles. The summed E-state index contributed by atoms with van der Waals surface area (Å²) in [5.74, 6) is 0. The molecule has 0 aliphatic rings. The second kappa shape index (κ2) is 6.85. The highest BCUT2D eigenvalue weighted by molar-refractivity contribution is 5.51. The molecule has 0 saturated carbocycles. The smallest absolute Gasteiger partial charge is 0.0806 e. The predicted octanol–water partition coefficient (Wildman–Crippen LogP) is 3.19. The van der Waals surface area contributed by atoms with E-state index in [0.29, 0.717) is 13.2 Å². The quantitative estimate of drug-likeness (QED) is 0.863. The Morgan fingerprint density at radius 3 is 2.84 bits per heavy atom. The van der Waals surface area contributed by atoms with Crippen LogP contribution in [-0.2, 0) is 11.3 Å². The highest BCUT2D eigenvalue weighted by atomic mass is 16.5. The van der Waals surface area contributed by atoms with Gasteiger partial charge in [0, 0.05) is 30.3 Å². The van der Waals surface area contributed by atoms with E-state index in [2.05, 4.69) is 34.3 Å². The number of nitrogens with zero attached hydrogens (tertiary/aromatic N) is 2. The summed E-state index contributed by atoms with van der Waals surface area (Å²) >= 11 is 0. The summed E-state index contributed by atoms with van der Waals surface area (Å²) in [5, 5.41) is 3.45. The molecule has 1 atom stereocenters. The van der Waals surface area contributed by atoms with Crippen molar-refractivity contribution in [3.63, 3.8) is 0 Å². The SMILES string of the molecule is CCOCc1ccccc1NC(C)c1cnccn1. The van der Waals surface area contributed by atoms with Gasteiger partial charge in [-0.1, -0.05) is 18.2 Å². The van der Waals surface area contributed by atoms with Crippen molar-refractivity contribution in [2.24, 2.45) is 0 Å². The highest BCUT2D eigenvalue weighted by Crippen LogP contribution is 2.21. The number of ether oxygens (including phenoxy) is 1. The maximum Gasteiger partial charge on any atom is 0.0806 e. The van der Waals surface area contributed by atoms with Crippen molar-refractivity contribution >= 4 is 5.69 Å². The van der Waals surface area contributed by atoms with E-state index in [9.17, 15) is 0 Å². The number of hydrogen-bond acceptors (Lipinski definition) is 4. The van der Waals surface area contributed by atoms with E-state index in [0.717, 1.165) is 16.9 Å². The third kappa shape index (κ3) is 3.76. The molecule has 0 bridgehead atoms. The minimum Gasteiger partial charge on any atom is -0.377 e. The Morgan fingerprint density at radius 2 is 2.11 bits per heavy atom. The molecule has 0 radical (unpaired) electrons. The first-order chi connectivity index (χ1) is 9.31. The average Bonchev–Trinajstić information content (AvgIpc) is 2.47. The van der Waals surface area contributed by atoms with Gasteiger partial charge in [0.25, 0.3) is 0 Å². The Labute approximate surface area is 113 Å². The fourth-order valence-electron chi connectivity index (χ4n) is 1.84. The summed E-state index contributed by atoms with van der Waals surface area (Å²) in [4.78, 5) is 8.40. The summed E-state index contributed by atoms with van der Waals surface area (Å²) in [5.41, 5.74) is 3.16. The van der Waals surface area contributed by atoms with E-state index >= 15 is 0 Å². The molecule has 0 fully saturated rings. The van der Waals surface area contributed by atoms with E-state index < -0.39 is 0 Å². The first-order valence-corrected chi connectivity index (χ1v) is 6.49. The van der Waals surface area contributed by atoms with E-state index in [1.165, 1.54) is 0 Å². The van der Waals surface area contributed by atoms with E-state index in [1.807, 2.05) is 19.1 Å². The topological polar surface area (TPSA) is 47.0 Å². The minimum absolute atomic E-state index is 0.108. The second-order valence-corrected chi connectivity index (χ2v) is 4.29. The number of para-hydroxylation sites is 1. The van der Waals surface area contributed by atoms with E-state index in [1.54, 1.807) is 18.6 Å². The lowest BCUT2D eigenvalue weighted by molar-refractivity contribution is 0.134. The molecule has 0 aliphatic carbocycles. The summed E-state index contributed by atoms with van der Waals surface area (Å²) < 4.78 is 5.48. The summed E-state index contributed by atoms with van der Waals surface area (Å²) in [7, 11) is 0. The van der Waals surface area contributed by atoms with Crippen molar-refractivity contribution in [2.45, 2.75) is 26.5 Å². The first kappa shape index (κ1) is 13.5. The zero-order valence-corrected chi connectivity index (χ0v) is 11.3. The molecule has 100 valence electrons. The third-order valence-corrected chi connectivity index (χ3v) is 2.88. The lowest BCUT2D eigenvalue weighted by atomic mass is 10.1. The number of benzene rings is 1. The predicted molar refractivity (Wildman–Crippen MR) is 75.8 cm³/mol. The largest absolute Gasteiger partial charge is 0.377 e. The fourth-order valence-corrected chi connectivity index (χ4v) is 1.84. The van der Waals surface area contributed by atoms with Gasteiger partial charge in [-0.2, -0.15) is 0 Å². The van der Waals surface area contributed by atoms with Crippen LogP contribution in [0.25, 0.3) is 0 Å². The number of hydrogen-bond donors (Lipinski definition) is 1. The third-order valence-electron chi connectivity index (χ3n) is 2.88. The molecule has 0 amide bonds. The van der Waals surface area contributed by atoms with Crippen LogP contribution in [0.2, 0.25) is 0 Å². The Balaban J connectivity index is 2.10. The van der Waals surface area contributed by atoms with Gasteiger partial charge in [-0.15, -0.1) is 0 Å². The van der Waals surface area contributed by atoms with Gasteiger partial charge in [0.1, 0.15) is 0 Å². The van der Waals surface area contributed by atoms with Crippen molar-refractivity contribution < 1.29 is 4.74 Å². The van der Waals surface area contributed by atoms with Crippen LogP contribution in [0.4, 0.5) is 5.69 Å². The van der Waals surface area contributed by atoms with Crippen LogP contribution in [0.5, 0.6) is 0 Å². The first-order valence-electron chi connectivity index (χ1n) is 6.49. The molecule has 4 heteroatoms. The molecule has 19 heavy (non-hydrogen) atoms. The van der Waals surface area contributed by atoms with Gasteiger partial charge in [0.15, 0.2) is 0 Å². The average molecular weight is 257 g/mol. The van der Waals surface area contributed by atoms with Gasteiger partial charge in [0.05, 0.1) is 24.5 Å². The van der Waals surface area contributed by atoms with Crippen LogP contribution in [0, 0.1) is 0 Å². The van der Waals surface area contributed by atoms with Crippen molar-refractivity contribution in [1.82, 2.24) is 9.97 Å². The van der Waals surface area contributed by atoms with Crippen LogP contribution >= 0.6 is 0 Å². The number of aromatic nitrogens is 2. The molecular formula is C15H19N3O. The molecule has 1 unspecified atom stereocenters. The van der Waals surface area contributed by atoms with Gasteiger partial charge in [0.2, 0.25) is 0 Å². The summed E-state index contributed by atoms with van der Waals surface area (Å²) in [6.07, 6.45) is 5.17. The normalized spacial score (nSPS) is 12.1. The molecular weight excluding hydrogens is 238 g/mol. The summed E-state index contributed by atoms with van der Waals surface area (Å²) in [6, 6.07) is 8.27. The zero-order chi connectivity index (χ0) is 13.5. The van der Waals surface area contributed by atoms with Crippen molar-refractivity contribution in [1.29, 1.82) is 0 Å². The van der Waals surface area contributed by atoms with Gasteiger partial charge in [-0.3, -0.25) is 9.97 Å². The fraction of sp³-hybridized carbons (Fsp3) is 0.333. The number of anilines is 1. The maximum absolute atomic E-state index is 5.48. The van der Waals surface area contributed by atoms with Crippen LogP contribution in [-0.4, -0.2) is 16.6 Å². The van der Waals surface area contributed by atoms with Crippen LogP contribution in [0.3, 0.4) is 0 Å². The molecule has 1 aromatic heterocycles. The van der Waals surface area contributed by atoms with Crippen molar-refractivity contribution in [2.75, 3.05) is 11.9 Å². The molecule has 2 aromatic rings. The van der Waals surface area contributed by atoms with E-state index in [-0.39, 0.29) is 6.04 Å². The van der Waals surface area contributed by atoms with Gasteiger partial charge < -0.3 is 10.1 Å². The second-order valence-electron chi connectivity index (χ2n) is 4.29. The van der Waals surface area contributed by atoms with Gasteiger partial charge in [-0.25, -0.2) is 0 Å². The Hall–Kier alpha value is -1.94. The van der Waals surface area contributed by atoms with Crippen LogP contribution in [0.1, 0.15) is 31.1 Å². The number of rotatable bonds is 6. The molecule has 0 aliphatic heterocycles. The Bertz CT molecular complexity index is 502. The van der Waals surface area contributed by atoms with E-state index in [4.69, 9.17) is 4.74 Å². The van der Waals surface area contributed by atoms with Crippen LogP contribution < -0.4 is 5.32 Å². The minimum atomic E-state index is 0.108. The highest BCUT2D eigenvalue weighted by Gasteiger charge is 2.09. The zero-order valence-electron chi connectivity index (χ0n) is 11.3. The molecule has 1 aromatic carbocycles. The Kier molecular flexibility index (Phi) is 4.86. The lowest BCUT2D eigenvalue weighted by Crippen LogP contribution is -2.10. The molecule has 1 N–H and O–H groups in total. The monoisotopic (exact) mass is 257 g/mol. The molecule has 2 rings (SSSR count). The Morgan fingerprint density at radius 1 is 1.26 bits per heavy atom. The standard InChI is InChI=1S/C15H19N3O/c1-3-19-11-13-6-4-5-7-14(13)18-12(2)15-10-16-8-9-17-15/h4-10,12,18H,3,11H2,1-2H3. The summed E-state index contributed by atoms with van der Waals surface area (Å²) in [6.45, 7) is 5.40. The van der Waals surface area contributed by atoms with Crippen molar-refractivity contribution in [3.8, 4) is 0 Å². The molecule has 0 spiro atoms. The van der Waals surface area contributed by atoms with Gasteiger partial charge >= 0.3 is 0 Å².